The minimum Gasteiger partial charge on any atom is -0.353 e. The van der Waals surface area contributed by atoms with Crippen molar-refractivity contribution in [3.8, 4) is 5.69 Å². The Morgan fingerprint density at radius 1 is 1.33 bits per heavy atom. The van der Waals surface area contributed by atoms with Crippen LogP contribution in [0.2, 0.25) is 0 Å². The van der Waals surface area contributed by atoms with Crippen molar-refractivity contribution in [1.82, 2.24) is 25.5 Å². The Hall–Kier alpha value is -1.89. The van der Waals surface area contributed by atoms with E-state index in [1.54, 1.807) is 4.68 Å². The van der Waals surface area contributed by atoms with Crippen molar-refractivity contribution in [3.63, 3.8) is 0 Å². The lowest BCUT2D eigenvalue weighted by atomic mass is 10.1. The minimum absolute atomic E-state index is 0.0235. The summed E-state index contributed by atoms with van der Waals surface area (Å²) in [6.45, 7) is 7.97. The molecule has 7 heteroatoms. The third-order valence-electron chi connectivity index (χ3n) is 2.96. The molecule has 0 saturated carbocycles. The molecule has 2 rings (SSSR count). The molecule has 0 atom stereocenters. The number of hydrogen-bond acceptors (Lipinski definition) is 5. The van der Waals surface area contributed by atoms with Crippen LogP contribution >= 0.6 is 11.8 Å². The van der Waals surface area contributed by atoms with Crippen molar-refractivity contribution in [2.75, 3.05) is 5.75 Å². The van der Waals surface area contributed by atoms with Crippen LogP contribution in [0.3, 0.4) is 0 Å². The molecule has 0 unspecified atom stereocenters. The molecule has 0 radical (unpaired) electrons. The summed E-state index contributed by atoms with van der Waals surface area (Å²) in [5, 5.41) is 15.1. The van der Waals surface area contributed by atoms with Crippen molar-refractivity contribution < 1.29 is 4.79 Å². The van der Waals surface area contributed by atoms with E-state index in [1.807, 2.05) is 39.0 Å². The summed E-state index contributed by atoms with van der Waals surface area (Å²) in [4.78, 5) is 11.7. The van der Waals surface area contributed by atoms with Gasteiger partial charge < -0.3 is 5.32 Å². The fourth-order valence-corrected chi connectivity index (χ4v) is 2.48. The lowest BCUT2D eigenvalue weighted by molar-refractivity contribution is -0.119. The summed E-state index contributed by atoms with van der Waals surface area (Å²) in [6, 6.07) is 6.17. The molecule has 1 aromatic carbocycles. The minimum atomic E-state index is -0.0235. The Morgan fingerprint density at radius 2 is 2.10 bits per heavy atom. The average molecular weight is 305 g/mol. The van der Waals surface area contributed by atoms with E-state index in [1.165, 1.54) is 22.9 Å². The number of carbonyl (C=O) groups is 1. The summed E-state index contributed by atoms with van der Waals surface area (Å²) in [7, 11) is 0. The Labute approximate surface area is 128 Å². The third kappa shape index (κ3) is 4.04. The van der Waals surface area contributed by atoms with Gasteiger partial charge in [0.1, 0.15) is 0 Å². The smallest absolute Gasteiger partial charge is 0.230 e. The maximum absolute atomic E-state index is 11.7. The molecule has 1 amide bonds. The predicted octanol–water partition coefficient (Wildman–Crippen LogP) is 1.90. The molecule has 0 spiro atoms. The quantitative estimate of drug-likeness (QED) is 0.854. The zero-order valence-corrected chi connectivity index (χ0v) is 13.4. The van der Waals surface area contributed by atoms with Crippen molar-refractivity contribution in [2.45, 2.75) is 38.9 Å². The van der Waals surface area contributed by atoms with E-state index in [0.717, 1.165) is 5.69 Å². The van der Waals surface area contributed by atoms with Crippen LogP contribution in [0.4, 0.5) is 0 Å². The van der Waals surface area contributed by atoms with Gasteiger partial charge in [0, 0.05) is 6.04 Å². The van der Waals surface area contributed by atoms with Crippen LogP contribution in [0.25, 0.3) is 5.69 Å². The molecule has 1 aromatic heterocycles. The van der Waals surface area contributed by atoms with Gasteiger partial charge in [-0.15, -0.1) is 5.10 Å². The van der Waals surface area contributed by atoms with Gasteiger partial charge in [-0.2, -0.15) is 4.68 Å². The van der Waals surface area contributed by atoms with Gasteiger partial charge >= 0.3 is 0 Å². The number of nitrogens with one attached hydrogen (secondary N) is 1. The van der Waals surface area contributed by atoms with Crippen LogP contribution < -0.4 is 5.32 Å². The molecule has 0 aliphatic carbocycles. The monoisotopic (exact) mass is 305 g/mol. The van der Waals surface area contributed by atoms with Gasteiger partial charge in [-0.05, 0) is 61.4 Å². The van der Waals surface area contributed by atoms with Crippen LogP contribution in [0.15, 0.2) is 23.4 Å². The van der Waals surface area contributed by atoms with Gasteiger partial charge in [0.25, 0.3) is 0 Å². The summed E-state index contributed by atoms with van der Waals surface area (Å²) >= 11 is 1.32. The standard InChI is InChI=1S/C14H19N5OS/c1-9(2)15-13(20)8-21-14-16-17-18-19(14)12-6-5-10(3)11(4)7-12/h5-7,9H,8H2,1-4H3,(H,15,20). The Bertz CT molecular complexity index is 638. The molecule has 2 aromatic rings. The number of aryl methyl sites for hydroxylation is 2. The summed E-state index contributed by atoms with van der Waals surface area (Å²) in [5.74, 6) is 0.272. The molecule has 0 aliphatic heterocycles. The van der Waals surface area contributed by atoms with E-state index >= 15 is 0 Å². The number of hydrogen-bond donors (Lipinski definition) is 1. The van der Waals surface area contributed by atoms with Crippen molar-refractivity contribution in [1.29, 1.82) is 0 Å². The maximum atomic E-state index is 11.7. The highest BCUT2D eigenvalue weighted by Crippen LogP contribution is 2.19. The zero-order valence-electron chi connectivity index (χ0n) is 12.6. The topological polar surface area (TPSA) is 72.7 Å². The van der Waals surface area contributed by atoms with E-state index in [2.05, 4.69) is 27.8 Å². The van der Waals surface area contributed by atoms with Crippen LogP contribution in [0.5, 0.6) is 0 Å². The first kappa shape index (κ1) is 15.5. The SMILES string of the molecule is Cc1ccc(-n2nnnc2SCC(=O)NC(C)C)cc1C. The molecule has 0 fully saturated rings. The molecule has 0 saturated heterocycles. The van der Waals surface area contributed by atoms with E-state index in [4.69, 9.17) is 0 Å². The highest BCUT2D eigenvalue weighted by atomic mass is 32.2. The third-order valence-corrected chi connectivity index (χ3v) is 3.88. The number of nitrogens with zero attached hydrogens (tertiary/aromatic N) is 4. The largest absolute Gasteiger partial charge is 0.353 e. The molecule has 112 valence electrons. The van der Waals surface area contributed by atoms with Crippen LogP contribution in [0.1, 0.15) is 25.0 Å². The molecule has 0 aliphatic rings. The van der Waals surface area contributed by atoms with Gasteiger partial charge in [0.15, 0.2) is 0 Å². The lowest BCUT2D eigenvalue weighted by Crippen LogP contribution is -2.31. The number of carbonyl (C=O) groups excluding carboxylic acids is 1. The highest BCUT2D eigenvalue weighted by molar-refractivity contribution is 7.99. The number of rotatable bonds is 5. The number of benzene rings is 1. The first-order valence-electron chi connectivity index (χ1n) is 6.75. The molecular formula is C14H19N5OS. The van der Waals surface area contributed by atoms with Gasteiger partial charge in [0.2, 0.25) is 11.1 Å². The van der Waals surface area contributed by atoms with Gasteiger partial charge in [-0.25, -0.2) is 0 Å². The molecular weight excluding hydrogens is 286 g/mol. The first-order valence-corrected chi connectivity index (χ1v) is 7.74. The maximum Gasteiger partial charge on any atom is 0.230 e. The van der Waals surface area contributed by atoms with Crippen LogP contribution in [0, 0.1) is 13.8 Å². The van der Waals surface area contributed by atoms with E-state index in [0.29, 0.717) is 10.9 Å². The lowest BCUT2D eigenvalue weighted by Gasteiger charge is -2.08. The number of thioether (sulfide) groups is 1. The van der Waals surface area contributed by atoms with Gasteiger partial charge in [-0.1, -0.05) is 17.8 Å². The van der Waals surface area contributed by atoms with Gasteiger partial charge in [0.05, 0.1) is 11.4 Å². The van der Waals surface area contributed by atoms with Gasteiger partial charge in [-0.3, -0.25) is 4.79 Å². The van der Waals surface area contributed by atoms with E-state index in [9.17, 15) is 4.79 Å². The highest BCUT2D eigenvalue weighted by Gasteiger charge is 2.12. The fourth-order valence-electron chi connectivity index (χ4n) is 1.78. The summed E-state index contributed by atoms with van der Waals surface area (Å²) in [5.41, 5.74) is 3.30. The second-order valence-electron chi connectivity index (χ2n) is 5.15. The van der Waals surface area contributed by atoms with Crippen molar-refractivity contribution in [2.24, 2.45) is 0 Å². The Kier molecular flexibility index (Phi) is 4.95. The number of aromatic nitrogens is 4. The Balaban J connectivity index is 2.11. The van der Waals surface area contributed by atoms with Crippen molar-refractivity contribution in [3.05, 3.63) is 29.3 Å². The average Bonchev–Trinajstić information content (AvgIpc) is 2.87. The summed E-state index contributed by atoms with van der Waals surface area (Å²) in [6.07, 6.45) is 0. The second kappa shape index (κ2) is 6.71. The first-order chi connectivity index (χ1) is 9.97. The van der Waals surface area contributed by atoms with Crippen LogP contribution in [-0.2, 0) is 4.79 Å². The molecule has 1 N–H and O–H groups in total. The van der Waals surface area contributed by atoms with E-state index < -0.39 is 0 Å². The molecule has 6 nitrogen and oxygen atoms in total. The van der Waals surface area contributed by atoms with Crippen molar-refractivity contribution >= 4 is 17.7 Å². The van der Waals surface area contributed by atoms with Crippen LogP contribution in [-0.4, -0.2) is 37.9 Å². The normalized spacial score (nSPS) is 10.9. The number of tetrazole rings is 1. The second-order valence-corrected chi connectivity index (χ2v) is 6.10. The zero-order chi connectivity index (χ0) is 15.4. The number of amides is 1. The molecule has 1 heterocycles. The molecule has 21 heavy (non-hydrogen) atoms. The fraction of sp³-hybridized carbons (Fsp3) is 0.429. The van der Waals surface area contributed by atoms with E-state index in [-0.39, 0.29) is 11.9 Å². The molecule has 0 bridgehead atoms. The Morgan fingerprint density at radius 3 is 2.76 bits per heavy atom. The summed E-state index contributed by atoms with van der Waals surface area (Å²) < 4.78 is 1.65. The predicted molar refractivity (Wildman–Crippen MR) is 82.6 cm³/mol.